The van der Waals surface area contributed by atoms with Crippen LogP contribution in [0.2, 0.25) is 0 Å². The summed E-state index contributed by atoms with van der Waals surface area (Å²) in [6.07, 6.45) is 0.482. The van der Waals surface area contributed by atoms with Crippen molar-refractivity contribution in [2.45, 2.75) is 43.4 Å². The van der Waals surface area contributed by atoms with Crippen LogP contribution in [0.3, 0.4) is 0 Å². The number of aliphatic hydroxyl groups is 1. The van der Waals surface area contributed by atoms with Gasteiger partial charge in [0.1, 0.15) is 18.1 Å². The van der Waals surface area contributed by atoms with Gasteiger partial charge in [-0.1, -0.05) is 30.3 Å². The zero-order chi connectivity index (χ0) is 26.4. The Kier molecular flexibility index (Phi) is 13.2. The van der Waals surface area contributed by atoms with E-state index in [0.29, 0.717) is 12.0 Å². The van der Waals surface area contributed by atoms with Gasteiger partial charge in [-0.15, -0.1) is 0 Å². The third-order valence-corrected chi connectivity index (χ3v) is 5.22. The van der Waals surface area contributed by atoms with Gasteiger partial charge >= 0.3 is 5.97 Å². The van der Waals surface area contributed by atoms with Gasteiger partial charge in [-0.05, 0) is 18.4 Å². The molecular formula is C21H33N7O6S. The molecule has 11 N–H and O–H groups in total. The molecule has 0 aliphatic rings. The minimum Gasteiger partial charge on any atom is -0.480 e. The highest BCUT2D eigenvalue weighted by Gasteiger charge is 2.30. The van der Waals surface area contributed by atoms with Gasteiger partial charge in [0.2, 0.25) is 17.7 Å². The number of nitrogens with one attached hydrogen (secondary N) is 3. The number of amides is 3. The number of guanidine groups is 1. The van der Waals surface area contributed by atoms with Crippen LogP contribution >= 0.6 is 12.6 Å². The van der Waals surface area contributed by atoms with Crippen molar-refractivity contribution in [2.24, 2.45) is 22.2 Å². The summed E-state index contributed by atoms with van der Waals surface area (Å²) in [6.45, 7) is -0.635. The minimum absolute atomic E-state index is 0.0288. The van der Waals surface area contributed by atoms with Gasteiger partial charge in [-0.3, -0.25) is 19.4 Å². The molecular weight excluding hydrogens is 478 g/mol. The number of aliphatic imine (C=N–C) groups is 1. The number of hydrogen-bond acceptors (Lipinski definition) is 8. The molecule has 14 heteroatoms. The van der Waals surface area contributed by atoms with Crippen molar-refractivity contribution in [3.05, 3.63) is 35.9 Å². The molecule has 4 atom stereocenters. The van der Waals surface area contributed by atoms with E-state index in [1.54, 1.807) is 30.3 Å². The molecule has 0 saturated carbocycles. The van der Waals surface area contributed by atoms with Gasteiger partial charge in [0.15, 0.2) is 5.96 Å². The molecule has 3 amide bonds. The van der Waals surface area contributed by atoms with Gasteiger partial charge in [-0.2, -0.15) is 12.6 Å². The first kappa shape index (κ1) is 29.7. The summed E-state index contributed by atoms with van der Waals surface area (Å²) < 4.78 is 0. The average Bonchev–Trinajstić information content (AvgIpc) is 2.83. The monoisotopic (exact) mass is 511 g/mol. The standard InChI is InChI=1S/C21H33N7O6S/c22-13(11-35)17(30)26-14(7-4-8-25-21(23)24)18(31)27-15(9-12-5-2-1-3-6-12)19(32)28-16(10-29)20(33)34/h1-3,5-6,13-16,29,35H,4,7-11,22H2,(H,26,30)(H,27,31)(H,28,32)(H,33,34)(H4,23,24,25). The van der Waals surface area contributed by atoms with Crippen molar-refractivity contribution in [3.8, 4) is 0 Å². The fourth-order valence-corrected chi connectivity index (χ4v) is 3.09. The van der Waals surface area contributed by atoms with E-state index in [0.717, 1.165) is 0 Å². The third-order valence-electron chi connectivity index (χ3n) is 4.82. The van der Waals surface area contributed by atoms with Gasteiger partial charge in [0, 0.05) is 18.7 Å². The Hall–Kier alpha value is -3.36. The molecule has 1 rings (SSSR count). The zero-order valence-electron chi connectivity index (χ0n) is 19.1. The number of aliphatic carboxylic acids is 1. The fourth-order valence-electron chi connectivity index (χ4n) is 2.92. The molecule has 0 fully saturated rings. The van der Waals surface area contributed by atoms with Crippen molar-refractivity contribution < 1.29 is 29.4 Å². The highest BCUT2D eigenvalue weighted by atomic mass is 32.1. The topological polar surface area (TPSA) is 235 Å². The number of benzene rings is 1. The maximum Gasteiger partial charge on any atom is 0.328 e. The summed E-state index contributed by atoms with van der Waals surface area (Å²) in [7, 11) is 0. The van der Waals surface area contributed by atoms with Crippen LogP contribution in [0.5, 0.6) is 0 Å². The number of carboxylic acid groups (broad SMARTS) is 1. The van der Waals surface area contributed by atoms with E-state index in [9.17, 15) is 24.3 Å². The number of carbonyl (C=O) groups is 4. The second-order valence-corrected chi connectivity index (χ2v) is 8.00. The van der Waals surface area contributed by atoms with Crippen molar-refractivity contribution in [2.75, 3.05) is 18.9 Å². The minimum atomic E-state index is -1.55. The first-order valence-corrected chi connectivity index (χ1v) is 11.4. The van der Waals surface area contributed by atoms with E-state index < -0.39 is 54.5 Å². The molecule has 1 aromatic carbocycles. The van der Waals surface area contributed by atoms with Crippen molar-refractivity contribution >= 4 is 42.3 Å². The number of rotatable bonds is 15. The van der Waals surface area contributed by atoms with Crippen LogP contribution < -0.4 is 33.2 Å². The molecule has 13 nitrogen and oxygen atoms in total. The number of aliphatic hydroxyl groups excluding tert-OH is 1. The second kappa shape index (κ2) is 15.5. The average molecular weight is 512 g/mol. The largest absolute Gasteiger partial charge is 0.480 e. The summed E-state index contributed by atoms with van der Waals surface area (Å²) >= 11 is 3.98. The normalized spacial score (nSPS) is 14.0. The molecule has 1 aromatic rings. The quantitative estimate of drug-likeness (QED) is 0.0506. The Labute approximate surface area is 208 Å². The van der Waals surface area contributed by atoms with E-state index in [2.05, 4.69) is 33.6 Å². The van der Waals surface area contributed by atoms with Crippen LogP contribution in [0.4, 0.5) is 0 Å². The Bertz CT molecular complexity index is 882. The van der Waals surface area contributed by atoms with Crippen molar-refractivity contribution in [3.63, 3.8) is 0 Å². The first-order chi connectivity index (χ1) is 16.6. The Morgan fingerprint density at radius 1 is 0.943 bits per heavy atom. The van der Waals surface area contributed by atoms with Crippen LogP contribution in [0, 0.1) is 0 Å². The second-order valence-electron chi connectivity index (χ2n) is 7.63. The first-order valence-electron chi connectivity index (χ1n) is 10.8. The molecule has 0 radical (unpaired) electrons. The molecule has 0 saturated heterocycles. The molecule has 0 aliphatic heterocycles. The van der Waals surface area contributed by atoms with Gasteiger partial charge in [0.25, 0.3) is 0 Å². The highest BCUT2D eigenvalue weighted by Crippen LogP contribution is 2.06. The van der Waals surface area contributed by atoms with Gasteiger partial charge in [-0.25, -0.2) is 4.79 Å². The number of hydrogen-bond donors (Lipinski definition) is 9. The molecule has 0 aromatic heterocycles. The lowest BCUT2D eigenvalue weighted by atomic mass is 10.0. The van der Waals surface area contributed by atoms with Gasteiger partial charge < -0.3 is 43.4 Å². The summed E-state index contributed by atoms with van der Waals surface area (Å²) in [6, 6.07) is 3.92. The third kappa shape index (κ3) is 11.1. The molecule has 35 heavy (non-hydrogen) atoms. The van der Waals surface area contributed by atoms with E-state index in [1.807, 2.05) is 0 Å². The van der Waals surface area contributed by atoms with Crippen LogP contribution in [-0.4, -0.2) is 82.9 Å². The maximum absolute atomic E-state index is 13.1. The van der Waals surface area contributed by atoms with Gasteiger partial charge in [0.05, 0.1) is 12.6 Å². The lowest BCUT2D eigenvalue weighted by Crippen LogP contribution is -2.58. The predicted molar refractivity (Wildman–Crippen MR) is 132 cm³/mol. The summed E-state index contributed by atoms with van der Waals surface area (Å²) in [5.41, 5.74) is 17.0. The van der Waals surface area contributed by atoms with Crippen LogP contribution in [-0.2, 0) is 25.6 Å². The van der Waals surface area contributed by atoms with E-state index in [1.165, 1.54) is 0 Å². The summed E-state index contributed by atoms with van der Waals surface area (Å²) in [5.74, 6) is -3.63. The Balaban J connectivity index is 3.08. The molecule has 0 bridgehead atoms. The number of nitrogens with zero attached hydrogens (tertiary/aromatic N) is 1. The van der Waals surface area contributed by atoms with E-state index in [4.69, 9.17) is 22.3 Å². The molecule has 4 unspecified atom stereocenters. The number of nitrogens with two attached hydrogens (primary N) is 3. The highest BCUT2D eigenvalue weighted by molar-refractivity contribution is 7.80. The lowest BCUT2D eigenvalue weighted by molar-refractivity contribution is -0.143. The predicted octanol–water partition coefficient (Wildman–Crippen LogP) is -2.93. The SMILES string of the molecule is NC(N)=NCCCC(NC(=O)C(N)CS)C(=O)NC(Cc1ccccc1)C(=O)NC(CO)C(=O)O. The summed E-state index contributed by atoms with van der Waals surface area (Å²) in [5, 5.41) is 25.7. The zero-order valence-corrected chi connectivity index (χ0v) is 20.0. The van der Waals surface area contributed by atoms with Crippen molar-refractivity contribution in [1.82, 2.24) is 16.0 Å². The fraction of sp³-hybridized carbons (Fsp3) is 0.476. The Morgan fingerprint density at radius 2 is 1.51 bits per heavy atom. The maximum atomic E-state index is 13.1. The molecule has 194 valence electrons. The van der Waals surface area contributed by atoms with Crippen LogP contribution in [0.15, 0.2) is 35.3 Å². The molecule has 0 spiro atoms. The lowest BCUT2D eigenvalue weighted by Gasteiger charge is -2.25. The number of carbonyl (C=O) groups excluding carboxylic acids is 3. The number of carboxylic acids is 1. The summed E-state index contributed by atoms with van der Waals surface area (Å²) in [4.78, 5) is 53.3. The van der Waals surface area contributed by atoms with Crippen LogP contribution in [0.25, 0.3) is 0 Å². The van der Waals surface area contributed by atoms with Crippen LogP contribution in [0.1, 0.15) is 18.4 Å². The number of thiol groups is 1. The van der Waals surface area contributed by atoms with Crippen molar-refractivity contribution in [1.29, 1.82) is 0 Å². The van der Waals surface area contributed by atoms with E-state index in [-0.39, 0.29) is 31.1 Å². The smallest absolute Gasteiger partial charge is 0.328 e. The molecule has 0 aliphatic carbocycles. The van der Waals surface area contributed by atoms with E-state index >= 15 is 0 Å². The molecule has 0 heterocycles. The Morgan fingerprint density at radius 3 is 2.06 bits per heavy atom.